The number of hydrogen-bond acceptors (Lipinski definition) is 5. The Morgan fingerprint density at radius 3 is 2.06 bits per heavy atom. The van der Waals surface area contributed by atoms with Gasteiger partial charge in [0.15, 0.2) is 11.5 Å². The van der Waals surface area contributed by atoms with Crippen molar-refractivity contribution in [2.45, 2.75) is 0 Å². The Labute approximate surface area is 103 Å². The highest BCUT2D eigenvalue weighted by atomic mass is 16.5. The lowest BCUT2D eigenvalue weighted by atomic mass is 10.0. The number of nitrogens with zero attached hydrogens (tertiary/aromatic N) is 1. The zero-order valence-electron chi connectivity index (χ0n) is 9.89. The second kappa shape index (κ2) is 4.34. The van der Waals surface area contributed by atoms with Crippen LogP contribution in [0, 0.1) is 11.3 Å². The minimum absolute atomic E-state index is 0.0394. The van der Waals surface area contributed by atoms with Crippen LogP contribution in [0.3, 0.4) is 0 Å². The van der Waals surface area contributed by atoms with Gasteiger partial charge in [0, 0.05) is 10.8 Å². The predicted molar refractivity (Wildman–Crippen MR) is 65.1 cm³/mol. The molecule has 0 fully saturated rings. The van der Waals surface area contributed by atoms with Crippen molar-refractivity contribution >= 4 is 10.8 Å². The third-order valence-corrected chi connectivity index (χ3v) is 2.70. The lowest BCUT2D eigenvalue weighted by molar-refractivity contribution is 0.320. The first-order valence-corrected chi connectivity index (χ1v) is 5.13. The standard InChI is InChI=1S/C13H11NO4/c1-17-12-10(15)8-4-3-7(6-14)5-9(8)11(16)13(12)18-2/h3-5,15-16H,1-2H3. The second-order valence-electron chi connectivity index (χ2n) is 3.64. The average molecular weight is 245 g/mol. The number of aromatic hydroxyl groups is 2. The van der Waals surface area contributed by atoms with E-state index in [0.29, 0.717) is 16.3 Å². The third-order valence-electron chi connectivity index (χ3n) is 2.70. The minimum atomic E-state index is -0.167. The number of methoxy groups -OCH3 is 2. The number of phenolic OH excluding ortho intramolecular Hbond substituents is 2. The summed E-state index contributed by atoms with van der Waals surface area (Å²) in [6, 6.07) is 6.54. The van der Waals surface area contributed by atoms with Crippen LogP contribution in [0.4, 0.5) is 0 Å². The smallest absolute Gasteiger partial charge is 0.207 e. The zero-order chi connectivity index (χ0) is 13.3. The highest BCUT2D eigenvalue weighted by Crippen LogP contribution is 2.49. The lowest BCUT2D eigenvalue weighted by Gasteiger charge is -2.14. The molecule has 0 amide bonds. The molecular weight excluding hydrogens is 234 g/mol. The van der Waals surface area contributed by atoms with Gasteiger partial charge in [0.2, 0.25) is 11.5 Å². The molecule has 0 saturated heterocycles. The van der Waals surface area contributed by atoms with Crippen molar-refractivity contribution in [3.8, 4) is 29.1 Å². The summed E-state index contributed by atoms with van der Waals surface area (Å²) in [5.74, 6) is -0.198. The van der Waals surface area contributed by atoms with Gasteiger partial charge in [0.1, 0.15) is 0 Å². The molecule has 2 aromatic carbocycles. The molecular formula is C13H11NO4. The van der Waals surface area contributed by atoms with Crippen LogP contribution >= 0.6 is 0 Å². The van der Waals surface area contributed by atoms with Crippen molar-refractivity contribution in [1.82, 2.24) is 0 Å². The quantitative estimate of drug-likeness (QED) is 0.792. The van der Waals surface area contributed by atoms with Gasteiger partial charge in [0.05, 0.1) is 25.9 Å². The Hall–Kier alpha value is -2.61. The largest absolute Gasteiger partial charge is 0.504 e. The van der Waals surface area contributed by atoms with Crippen molar-refractivity contribution in [3.05, 3.63) is 23.8 Å². The number of phenols is 2. The van der Waals surface area contributed by atoms with Crippen LogP contribution in [-0.2, 0) is 0 Å². The van der Waals surface area contributed by atoms with Crippen LogP contribution in [0.1, 0.15) is 5.56 Å². The van der Waals surface area contributed by atoms with Gasteiger partial charge in [-0.1, -0.05) is 0 Å². The number of ether oxygens (including phenoxy) is 2. The topological polar surface area (TPSA) is 82.7 Å². The SMILES string of the molecule is COc1c(OC)c(O)c2cc(C#N)ccc2c1O. The maximum absolute atomic E-state index is 10.1. The predicted octanol–water partition coefficient (Wildman–Crippen LogP) is 2.14. The van der Waals surface area contributed by atoms with Crippen LogP contribution in [0.5, 0.6) is 23.0 Å². The van der Waals surface area contributed by atoms with Crippen LogP contribution in [-0.4, -0.2) is 24.4 Å². The molecule has 0 spiro atoms. The zero-order valence-corrected chi connectivity index (χ0v) is 9.89. The maximum atomic E-state index is 10.1. The molecule has 0 atom stereocenters. The van der Waals surface area contributed by atoms with E-state index in [1.165, 1.54) is 20.3 Å². The van der Waals surface area contributed by atoms with E-state index < -0.39 is 0 Å². The van der Waals surface area contributed by atoms with Crippen molar-refractivity contribution in [3.63, 3.8) is 0 Å². The van der Waals surface area contributed by atoms with E-state index in [1.807, 2.05) is 6.07 Å². The van der Waals surface area contributed by atoms with Crippen LogP contribution in [0.25, 0.3) is 10.8 Å². The molecule has 2 N–H and O–H groups in total. The molecule has 0 aliphatic carbocycles. The number of fused-ring (bicyclic) bond motifs is 1. The normalized spacial score (nSPS) is 10.1. The number of benzene rings is 2. The fourth-order valence-corrected chi connectivity index (χ4v) is 1.85. The summed E-state index contributed by atoms with van der Waals surface area (Å²) in [6.45, 7) is 0. The minimum Gasteiger partial charge on any atom is -0.504 e. The van der Waals surface area contributed by atoms with Crippen LogP contribution in [0.15, 0.2) is 18.2 Å². The third kappa shape index (κ3) is 1.55. The molecule has 0 unspecified atom stereocenters. The van der Waals surface area contributed by atoms with E-state index in [4.69, 9.17) is 14.7 Å². The first kappa shape index (κ1) is 11.9. The highest BCUT2D eigenvalue weighted by molar-refractivity contribution is 5.98. The summed E-state index contributed by atoms with van der Waals surface area (Å²) in [4.78, 5) is 0. The molecule has 92 valence electrons. The first-order chi connectivity index (χ1) is 8.63. The first-order valence-electron chi connectivity index (χ1n) is 5.13. The monoisotopic (exact) mass is 245 g/mol. The van der Waals surface area contributed by atoms with Gasteiger partial charge in [-0.05, 0) is 18.2 Å². The molecule has 0 radical (unpaired) electrons. The molecule has 0 aliphatic heterocycles. The second-order valence-corrected chi connectivity index (χ2v) is 3.64. The number of nitriles is 1. The summed E-state index contributed by atoms with van der Waals surface area (Å²) >= 11 is 0. The van der Waals surface area contributed by atoms with Gasteiger partial charge in [-0.25, -0.2) is 0 Å². The molecule has 0 aromatic heterocycles. The van der Waals surface area contributed by atoms with Gasteiger partial charge in [0.25, 0.3) is 0 Å². The molecule has 2 rings (SSSR count). The van der Waals surface area contributed by atoms with E-state index in [1.54, 1.807) is 12.1 Å². The molecule has 2 aromatic rings. The Balaban J connectivity index is 2.93. The highest BCUT2D eigenvalue weighted by Gasteiger charge is 2.20. The average Bonchev–Trinajstić information content (AvgIpc) is 2.41. The summed E-state index contributed by atoms with van der Waals surface area (Å²) in [6.07, 6.45) is 0. The molecule has 0 heterocycles. The fraction of sp³-hybridized carbons (Fsp3) is 0.154. The maximum Gasteiger partial charge on any atom is 0.207 e. The number of rotatable bonds is 2. The van der Waals surface area contributed by atoms with Gasteiger partial charge in [-0.15, -0.1) is 0 Å². The Bertz CT molecular complexity index is 658. The van der Waals surface area contributed by atoms with E-state index in [2.05, 4.69) is 0 Å². The summed E-state index contributed by atoms with van der Waals surface area (Å²) < 4.78 is 10.0. The molecule has 0 saturated carbocycles. The summed E-state index contributed by atoms with van der Waals surface area (Å²) in [7, 11) is 2.73. The van der Waals surface area contributed by atoms with Gasteiger partial charge in [-0.2, -0.15) is 5.26 Å². The van der Waals surface area contributed by atoms with E-state index in [9.17, 15) is 10.2 Å². The van der Waals surface area contributed by atoms with E-state index in [0.717, 1.165) is 0 Å². The molecule has 5 heteroatoms. The lowest BCUT2D eigenvalue weighted by Crippen LogP contribution is -1.93. The van der Waals surface area contributed by atoms with Crippen molar-refractivity contribution in [1.29, 1.82) is 5.26 Å². The molecule has 5 nitrogen and oxygen atoms in total. The molecule has 0 bridgehead atoms. The number of hydrogen-bond donors (Lipinski definition) is 2. The Morgan fingerprint density at radius 1 is 1.00 bits per heavy atom. The Morgan fingerprint density at radius 2 is 1.56 bits per heavy atom. The van der Waals surface area contributed by atoms with Gasteiger partial charge >= 0.3 is 0 Å². The summed E-state index contributed by atoms with van der Waals surface area (Å²) in [5.41, 5.74) is 0.379. The fourth-order valence-electron chi connectivity index (χ4n) is 1.85. The van der Waals surface area contributed by atoms with E-state index >= 15 is 0 Å². The summed E-state index contributed by atoms with van der Waals surface area (Å²) in [5, 5.41) is 29.7. The van der Waals surface area contributed by atoms with Gasteiger partial charge < -0.3 is 19.7 Å². The van der Waals surface area contributed by atoms with Crippen molar-refractivity contribution in [2.75, 3.05) is 14.2 Å². The van der Waals surface area contributed by atoms with E-state index in [-0.39, 0.29) is 23.0 Å². The van der Waals surface area contributed by atoms with Crippen LogP contribution < -0.4 is 9.47 Å². The molecule has 18 heavy (non-hydrogen) atoms. The van der Waals surface area contributed by atoms with Gasteiger partial charge in [-0.3, -0.25) is 0 Å². The van der Waals surface area contributed by atoms with Crippen LogP contribution in [0.2, 0.25) is 0 Å². The van der Waals surface area contributed by atoms with Crippen molar-refractivity contribution < 1.29 is 19.7 Å². The Kier molecular flexibility index (Phi) is 2.86. The molecule has 0 aliphatic rings. The van der Waals surface area contributed by atoms with Crippen molar-refractivity contribution in [2.24, 2.45) is 0 Å².